The summed E-state index contributed by atoms with van der Waals surface area (Å²) in [7, 11) is 0. The van der Waals surface area contributed by atoms with Crippen LogP contribution in [0.3, 0.4) is 0 Å². The van der Waals surface area contributed by atoms with E-state index in [1.165, 1.54) is 65.1 Å². The van der Waals surface area contributed by atoms with E-state index in [4.69, 9.17) is 13.8 Å². The van der Waals surface area contributed by atoms with Crippen LogP contribution in [0.4, 0.5) is 0 Å². The van der Waals surface area contributed by atoms with Crippen molar-refractivity contribution in [2.45, 2.75) is 378 Å². The standard InChI is InChI=1S/C12H14N2.C11H13NO.2C10H16N2S.C8H6N2.C7H5NO.2C6H8N2S.4C5H12.8C2H6/c1-12(2,3)11-10-9(6-8-14-11)5-4-7-13-10;1-11(2,3)10-12-8-6-4-5-7-9(8)13-10;1-10(2,3)9-12-7-6-11-5-4-8(7)13-9;1-10(2,3)9-12-7-4-5-11-6-8(7)13-9;1-2-7-3-5-9-6-8(7)10-4-1;1-2-4-7-6(3-1)8-5-9-7;1-2-7-3-5-6(1)9-4-8-5;1-2-7-3-6-5(1)8-4-9-6;4*1-5(2,3)4;8*1-2/h4-8H,1-3H3;4-7H,1-3H3;2*11H,4-6H2,1-3H3;1-6H;1-5H;2*4,7H,1-3H2;4*1-4H3;8*1-2H3. The van der Waals surface area contributed by atoms with Crippen LogP contribution >= 0.6 is 45.3 Å². The number of para-hydroxylation sites is 4. The molecule has 14 heterocycles. The largest absolute Gasteiger partial charge is 0.443 e. The first-order chi connectivity index (χ1) is 59.2. The zero-order valence-electron chi connectivity index (χ0n) is 88.1. The molecule has 10 aromatic heterocycles. The van der Waals surface area contributed by atoms with E-state index >= 15 is 0 Å². The molecule has 16 nitrogen and oxygen atoms in total. The lowest BCUT2D eigenvalue weighted by molar-refractivity contribution is 0.411. The maximum Gasteiger partial charge on any atom is 0.200 e. The third-order valence-electron chi connectivity index (χ3n) is 14.4. The monoisotopic (exact) mass is 1810 g/mol. The SMILES string of the molecule is CC.CC.CC.CC.CC.CC.CC.CC.CC(C)(C)C.CC(C)(C)C.CC(C)(C)C.CC(C)(C)C.CC(C)(C)c1nc2c(s1)CCNC2.CC(C)(C)c1nc2c(s1)CNCC2.CC(C)(C)c1nc2ccccc2o1.CC(C)(C)c1nccc2cccnc12.c1ccc2ocnc2c1.c1cnc2cnccc2c1.c1nc2c(s1)CCNC2.c1nc2c(s1)CNCC2. The zero-order valence-corrected chi connectivity index (χ0v) is 91.4. The predicted octanol–water partition coefficient (Wildman–Crippen LogP) is 31.7. The van der Waals surface area contributed by atoms with Crippen LogP contribution in [0.1, 0.15) is 369 Å². The summed E-state index contributed by atoms with van der Waals surface area (Å²) in [5.74, 6) is 0.800. The summed E-state index contributed by atoms with van der Waals surface area (Å²) in [6.07, 6.45) is 14.9. The minimum atomic E-state index is -0.0149. The van der Waals surface area contributed by atoms with Gasteiger partial charge in [0.25, 0.3) is 0 Å². The van der Waals surface area contributed by atoms with Gasteiger partial charge in [0.1, 0.15) is 11.0 Å². The summed E-state index contributed by atoms with van der Waals surface area (Å²) in [6, 6.07) is 27.4. The number of benzene rings is 2. The lowest BCUT2D eigenvalue weighted by atomic mass is 9.90. The molecule has 16 rings (SSSR count). The number of oxazole rings is 2. The Morgan fingerprint density at radius 1 is 0.310 bits per heavy atom. The van der Waals surface area contributed by atoms with E-state index in [1.54, 1.807) is 41.3 Å². The minimum absolute atomic E-state index is 0.0149. The van der Waals surface area contributed by atoms with Crippen molar-refractivity contribution >= 4 is 89.4 Å². The first kappa shape index (κ1) is 125. The second-order valence-corrected chi connectivity index (χ2v) is 42.1. The molecule has 0 unspecified atom stereocenters. The van der Waals surface area contributed by atoms with Gasteiger partial charge in [0.15, 0.2) is 17.6 Å². The number of aromatic nitrogens is 10. The molecule has 0 atom stereocenters. The van der Waals surface area contributed by atoms with Crippen LogP contribution in [0, 0.1) is 21.7 Å². The van der Waals surface area contributed by atoms with Gasteiger partial charge < -0.3 is 30.1 Å². The van der Waals surface area contributed by atoms with Gasteiger partial charge in [-0.15, -0.1) is 45.3 Å². The number of nitrogens with one attached hydrogen (secondary N) is 4. The van der Waals surface area contributed by atoms with E-state index in [0.717, 1.165) is 127 Å². The first-order valence-electron chi connectivity index (χ1n) is 46.8. The van der Waals surface area contributed by atoms with Crippen molar-refractivity contribution in [2.75, 3.05) is 26.2 Å². The van der Waals surface area contributed by atoms with Crippen molar-refractivity contribution in [3.8, 4) is 0 Å². The van der Waals surface area contributed by atoms with Gasteiger partial charge in [-0.1, -0.05) is 341 Å². The number of rotatable bonds is 0. The van der Waals surface area contributed by atoms with Crippen LogP contribution < -0.4 is 21.3 Å². The Labute approximate surface area is 787 Å². The van der Waals surface area contributed by atoms with Crippen molar-refractivity contribution < 1.29 is 8.83 Å². The van der Waals surface area contributed by atoms with Gasteiger partial charge in [0, 0.05) is 142 Å². The molecule has 126 heavy (non-hydrogen) atoms. The summed E-state index contributed by atoms with van der Waals surface area (Å²) < 4.78 is 10.6. The third-order valence-corrected chi connectivity index (χ3v) is 19.3. The Morgan fingerprint density at radius 3 is 1.18 bits per heavy atom. The van der Waals surface area contributed by atoms with Crippen molar-refractivity contribution in [3.63, 3.8) is 0 Å². The molecule has 4 N–H and O–H groups in total. The molecule has 0 bridgehead atoms. The van der Waals surface area contributed by atoms with Crippen LogP contribution in [-0.4, -0.2) is 76.0 Å². The number of hydrogen-bond acceptors (Lipinski definition) is 20. The topological polar surface area (TPSA) is 203 Å². The number of thiazole rings is 4. The second-order valence-electron chi connectivity index (χ2n) is 38.0. The second kappa shape index (κ2) is 67.1. The van der Waals surface area contributed by atoms with Crippen molar-refractivity contribution in [2.24, 2.45) is 21.7 Å². The molecule has 0 radical (unpaired) electrons. The first-order valence-corrected chi connectivity index (χ1v) is 50.2. The highest BCUT2D eigenvalue weighted by atomic mass is 32.1. The molecule has 4 aliphatic heterocycles. The van der Waals surface area contributed by atoms with Gasteiger partial charge in [0.05, 0.1) is 66.7 Å². The Morgan fingerprint density at radius 2 is 0.722 bits per heavy atom. The highest BCUT2D eigenvalue weighted by Gasteiger charge is 2.25. The van der Waals surface area contributed by atoms with E-state index in [1.807, 2.05) is 236 Å². The maximum atomic E-state index is 5.62. The summed E-state index contributed by atoms with van der Waals surface area (Å²) in [6.45, 7) is 101. The Kier molecular flexibility index (Phi) is 66.7. The van der Waals surface area contributed by atoms with Gasteiger partial charge in [-0.3, -0.25) is 19.9 Å². The number of fused-ring (bicyclic) bond motifs is 8. The number of nitrogens with zero attached hydrogens (tertiary/aromatic N) is 10. The summed E-state index contributed by atoms with van der Waals surface area (Å²) in [4.78, 5) is 48.9. The van der Waals surface area contributed by atoms with E-state index in [2.05, 4.69) is 266 Å². The molecule has 20 heteroatoms. The molecular formula is C106H182N14O2S4. The number of pyridine rings is 4. The molecule has 2 aromatic carbocycles. The Hall–Kier alpha value is -7.14. The van der Waals surface area contributed by atoms with Crippen LogP contribution in [-0.2, 0) is 73.5 Å². The van der Waals surface area contributed by atoms with Crippen LogP contribution in [0.2, 0.25) is 0 Å². The number of hydrogen-bond donors (Lipinski definition) is 4. The highest BCUT2D eigenvalue weighted by molar-refractivity contribution is 7.12. The molecule has 0 aliphatic carbocycles. The van der Waals surface area contributed by atoms with Gasteiger partial charge in [-0.2, -0.15) is 0 Å². The molecular weight excluding hydrogens is 1630 g/mol. The zero-order chi connectivity index (χ0) is 97.7. The smallest absolute Gasteiger partial charge is 0.200 e. The van der Waals surface area contributed by atoms with Gasteiger partial charge in [-0.05, 0) is 83.0 Å². The fourth-order valence-electron chi connectivity index (χ4n) is 9.46. The van der Waals surface area contributed by atoms with Crippen molar-refractivity contribution in [1.82, 2.24) is 71.1 Å². The van der Waals surface area contributed by atoms with Gasteiger partial charge >= 0.3 is 0 Å². The third kappa shape index (κ3) is 58.4. The van der Waals surface area contributed by atoms with Crippen molar-refractivity contribution in [3.05, 3.63) is 197 Å². The fraction of sp³-hybridized carbons (Fsp3) is 0.604. The van der Waals surface area contributed by atoms with Gasteiger partial charge in [-0.25, -0.2) is 29.9 Å². The highest BCUT2D eigenvalue weighted by Crippen LogP contribution is 2.33. The molecule has 0 saturated heterocycles. The molecule has 4 aliphatic rings. The van der Waals surface area contributed by atoms with Gasteiger partial charge in [0.2, 0.25) is 5.89 Å². The summed E-state index contributed by atoms with van der Waals surface area (Å²) in [5.41, 5.74) is 18.1. The Bertz CT molecular complexity index is 4180. The lowest BCUT2D eigenvalue weighted by Gasteiger charge is -2.18. The summed E-state index contributed by atoms with van der Waals surface area (Å²) in [5, 5.41) is 18.1. The van der Waals surface area contributed by atoms with E-state index in [0.29, 0.717) is 21.7 Å². The van der Waals surface area contributed by atoms with E-state index < -0.39 is 0 Å². The fourth-order valence-corrected chi connectivity index (χ4v) is 13.3. The average Bonchev–Trinajstić information content (AvgIpc) is 1.37. The normalized spacial score (nSPS) is 12.4. The average molecular weight is 1810 g/mol. The molecule has 12 aromatic rings. The molecule has 0 spiro atoms. The molecule has 0 amide bonds. The summed E-state index contributed by atoms with van der Waals surface area (Å²) >= 11 is 7.29. The van der Waals surface area contributed by atoms with E-state index in [9.17, 15) is 0 Å². The predicted molar refractivity (Wildman–Crippen MR) is 563 cm³/mol. The van der Waals surface area contributed by atoms with Crippen molar-refractivity contribution in [1.29, 1.82) is 0 Å². The maximum absolute atomic E-state index is 5.62. The quantitative estimate of drug-likeness (QED) is 0.111. The Balaban J connectivity index is -0.000000643. The molecule has 712 valence electrons. The van der Waals surface area contributed by atoms with E-state index in [-0.39, 0.29) is 21.7 Å². The van der Waals surface area contributed by atoms with Crippen LogP contribution in [0.15, 0.2) is 142 Å². The molecule has 0 saturated carbocycles. The minimum Gasteiger partial charge on any atom is -0.443 e. The van der Waals surface area contributed by atoms with Crippen LogP contribution in [0.25, 0.3) is 44.0 Å². The van der Waals surface area contributed by atoms with Crippen LogP contribution in [0.5, 0.6) is 0 Å². The molecule has 0 fully saturated rings. The lowest BCUT2D eigenvalue weighted by Crippen LogP contribution is -2.22.